The molecule has 0 amide bonds. The summed E-state index contributed by atoms with van der Waals surface area (Å²) in [5.41, 5.74) is 5.96. The Morgan fingerprint density at radius 2 is 2.31 bits per heavy atom. The summed E-state index contributed by atoms with van der Waals surface area (Å²) in [5, 5.41) is 9.34. The molecular formula is C8H8BrNO3. The van der Waals surface area contributed by atoms with Gasteiger partial charge in [0.1, 0.15) is 0 Å². The Hall–Kier alpha value is -1.23. The van der Waals surface area contributed by atoms with Gasteiger partial charge in [0.05, 0.1) is 18.4 Å². The molecule has 0 unspecified atom stereocenters. The number of methoxy groups -OCH3 is 1. The van der Waals surface area contributed by atoms with Gasteiger partial charge in [0, 0.05) is 4.47 Å². The Labute approximate surface area is 83.4 Å². The van der Waals surface area contributed by atoms with E-state index in [1.165, 1.54) is 13.2 Å². The molecule has 0 heterocycles. The topological polar surface area (TPSA) is 72.5 Å². The molecule has 1 rings (SSSR count). The first-order valence-electron chi connectivity index (χ1n) is 3.42. The minimum Gasteiger partial charge on any atom is -0.504 e. The van der Waals surface area contributed by atoms with Crippen molar-refractivity contribution in [3.8, 4) is 11.5 Å². The summed E-state index contributed by atoms with van der Waals surface area (Å²) in [7, 11) is 1.37. The van der Waals surface area contributed by atoms with Crippen LogP contribution in [0, 0.1) is 0 Å². The lowest BCUT2D eigenvalue weighted by atomic mass is 10.1. The summed E-state index contributed by atoms with van der Waals surface area (Å²) >= 11 is 3.09. The molecule has 0 saturated heterocycles. The maximum absolute atomic E-state index is 10.6. The second-order valence-electron chi connectivity index (χ2n) is 2.36. The SMILES string of the molecule is COc1c(O)cc(Br)c(C=O)c1N. The number of nitrogen functional groups attached to an aromatic ring is 1. The molecule has 13 heavy (non-hydrogen) atoms. The van der Waals surface area contributed by atoms with E-state index < -0.39 is 0 Å². The highest BCUT2D eigenvalue weighted by molar-refractivity contribution is 9.10. The molecule has 4 nitrogen and oxygen atoms in total. The summed E-state index contributed by atoms with van der Waals surface area (Å²) in [6.45, 7) is 0. The number of phenolic OH excluding ortho intramolecular Hbond substituents is 1. The zero-order chi connectivity index (χ0) is 10.0. The number of phenols is 1. The normalized spacial score (nSPS) is 9.69. The summed E-state index contributed by atoms with van der Waals surface area (Å²) < 4.78 is 5.26. The van der Waals surface area contributed by atoms with E-state index in [-0.39, 0.29) is 22.7 Å². The van der Waals surface area contributed by atoms with E-state index in [1.807, 2.05) is 0 Å². The van der Waals surface area contributed by atoms with Gasteiger partial charge in [0.2, 0.25) is 0 Å². The van der Waals surface area contributed by atoms with Crippen LogP contribution in [0.15, 0.2) is 10.5 Å². The monoisotopic (exact) mass is 245 g/mol. The smallest absolute Gasteiger partial charge is 0.184 e. The first-order chi connectivity index (χ1) is 6.11. The third kappa shape index (κ3) is 1.60. The van der Waals surface area contributed by atoms with Gasteiger partial charge < -0.3 is 15.6 Å². The molecule has 0 aliphatic carbocycles. The number of rotatable bonds is 2. The first kappa shape index (κ1) is 9.85. The molecule has 0 spiro atoms. The molecule has 0 atom stereocenters. The van der Waals surface area contributed by atoms with Crippen molar-refractivity contribution in [3.63, 3.8) is 0 Å². The Bertz CT molecular complexity index is 352. The summed E-state index contributed by atoms with van der Waals surface area (Å²) in [6, 6.07) is 1.36. The Kier molecular flexibility index (Phi) is 2.77. The van der Waals surface area contributed by atoms with Crippen LogP contribution in [-0.4, -0.2) is 18.5 Å². The van der Waals surface area contributed by atoms with Crippen LogP contribution < -0.4 is 10.5 Å². The molecule has 0 bridgehead atoms. The average Bonchev–Trinajstić information content (AvgIpc) is 2.04. The molecular weight excluding hydrogens is 238 g/mol. The van der Waals surface area contributed by atoms with Crippen molar-refractivity contribution in [2.75, 3.05) is 12.8 Å². The second kappa shape index (κ2) is 3.66. The van der Waals surface area contributed by atoms with Crippen LogP contribution in [0.4, 0.5) is 5.69 Å². The van der Waals surface area contributed by atoms with Crippen molar-refractivity contribution in [3.05, 3.63) is 16.1 Å². The third-order valence-corrected chi connectivity index (χ3v) is 2.27. The minimum atomic E-state index is -0.0996. The molecule has 0 aromatic heterocycles. The predicted molar refractivity (Wildman–Crippen MR) is 52.2 cm³/mol. The highest BCUT2D eigenvalue weighted by Gasteiger charge is 2.13. The lowest BCUT2D eigenvalue weighted by Gasteiger charge is -2.09. The number of aldehydes is 1. The van der Waals surface area contributed by atoms with Gasteiger partial charge in [-0.2, -0.15) is 0 Å². The van der Waals surface area contributed by atoms with E-state index in [0.717, 1.165) is 0 Å². The second-order valence-corrected chi connectivity index (χ2v) is 3.21. The fourth-order valence-electron chi connectivity index (χ4n) is 0.987. The van der Waals surface area contributed by atoms with Gasteiger partial charge in [0.15, 0.2) is 17.8 Å². The van der Waals surface area contributed by atoms with Gasteiger partial charge in [-0.05, 0) is 22.0 Å². The van der Waals surface area contributed by atoms with Gasteiger partial charge in [-0.15, -0.1) is 0 Å². The number of hydrogen-bond donors (Lipinski definition) is 2. The molecule has 3 N–H and O–H groups in total. The average molecular weight is 246 g/mol. The number of halogens is 1. The van der Waals surface area contributed by atoms with Crippen LogP contribution in [0.2, 0.25) is 0 Å². The zero-order valence-corrected chi connectivity index (χ0v) is 8.46. The van der Waals surface area contributed by atoms with Crippen molar-refractivity contribution in [2.24, 2.45) is 0 Å². The van der Waals surface area contributed by atoms with E-state index in [0.29, 0.717) is 10.8 Å². The standard InChI is InChI=1S/C8H8BrNO3/c1-13-8-6(12)2-5(9)4(3-11)7(8)10/h2-3,12H,10H2,1H3. The molecule has 1 aromatic carbocycles. The van der Waals surface area contributed by atoms with Crippen LogP contribution in [0.1, 0.15) is 10.4 Å². The fraction of sp³-hybridized carbons (Fsp3) is 0.125. The number of carbonyl (C=O) groups excluding carboxylic acids is 1. The summed E-state index contributed by atoms with van der Waals surface area (Å²) in [4.78, 5) is 10.6. The Morgan fingerprint density at radius 1 is 1.69 bits per heavy atom. The highest BCUT2D eigenvalue weighted by Crippen LogP contribution is 2.38. The van der Waals surface area contributed by atoms with Crippen LogP contribution in [0.25, 0.3) is 0 Å². The van der Waals surface area contributed by atoms with E-state index in [2.05, 4.69) is 15.9 Å². The van der Waals surface area contributed by atoms with Crippen LogP contribution in [-0.2, 0) is 0 Å². The lowest BCUT2D eigenvalue weighted by Crippen LogP contribution is -1.98. The molecule has 0 aliphatic rings. The minimum absolute atomic E-state index is 0.0996. The zero-order valence-electron chi connectivity index (χ0n) is 6.87. The summed E-state index contributed by atoms with van der Waals surface area (Å²) in [5.74, 6) is 0.0165. The molecule has 5 heteroatoms. The number of ether oxygens (including phenoxy) is 1. The van der Waals surface area contributed by atoms with E-state index >= 15 is 0 Å². The van der Waals surface area contributed by atoms with Crippen molar-refractivity contribution < 1.29 is 14.6 Å². The maximum Gasteiger partial charge on any atom is 0.184 e. The summed E-state index contributed by atoms with van der Waals surface area (Å²) in [6.07, 6.45) is 0.599. The quantitative estimate of drug-likeness (QED) is 0.613. The largest absolute Gasteiger partial charge is 0.504 e. The van der Waals surface area contributed by atoms with Gasteiger partial charge in [0.25, 0.3) is 0 Å². The van der Waals surface area contributed by atoms with Crippen molar-refractivity contribution in [2.45, 2.75) is 0 Å². The van der Waals surface area contributed by atoms with Crippen molar-refractivity contribution in [1.82, 2.24) is 0 Å². The van der Waals surface area contributed by atoms with E-state index in [4.69, 9.17) is 10.5 Å². The number of aromatic hydroxyl groups is 1. The van der Waals surface area contributed by atoms with Crippen LogP contribution >= 0.6 is 15.9 Å². The van der Waals surface area contributed by atoms with Gasteiger partial charge in [-0.3, -0.25) is 4.79 Å². The predicted octanol–water partition coefficient (Wildman–Crippen LogP) is 1.56. The molecule has 70 valence electrons. The van der Waals surface area contributed by atoms with E-state index in [1.54, 1.807) is 0 Å². The molecule has 0 fully saturated rings. The lowest BCUT2D eigenvalue weighted by molar-refractivity contribution is 0.112. The van der Waals surface area contributed by atoms with Crippen molar-refractivity contribution in [1.29, 1.82) is 0 Å². The Morgan fingerprint density at radius 3 is 2.77 bits per heavy atom. The fourth-order valence-corrected chi connectivity index (χ4v) is 1.51. The van der Waals surface area contributed by atoms with Crippen molar-refractivity contribution >= 4 is 27.9 Å². The molecule has 0 aliphatic heterocycles. The highest BCUT2D eigenvalue weighted by atomic mass is 79.9. The first-order valence-corrected chi connectivity index (χ1v) is 4.21. The molecule has 0 saturated carbocycles. The van der Waals surface area contributed by atoms with Gasteiger partial charge in [-0.25, -0.2) is 0 Å². The maximum atomic E-state index is 10.6. The van der Waals surface area contributed by atoms with Gasteiger partial charge >= 0.3 is 0 Å². The Balaban J connectivity index is 3.47. The number of nitrogens with two attached hydrogens (primary N) is 1. The number of anilines is 1. The van der Waals surface area contributed by atoms with E-state index in [9.17, 15) is 9.90 Å². The molecule has 1 aromatic rings. The number of benzene rings is 1. The number of carbonyl (C=O) groups is 1. The number of hydrogen-bond acceptors (Lipinski definition) is 4. The molecule has 0 radical (unpaired) electrons. The van der Waals surface area contributed by atoms with Crippen LogP contribution in [0.3, 0.4) is 0 Å². The van der Waals surface area contributed by atoms with Gasteiger partial charge in [-0.1, -0.05) is 0 Å². The van der Waals surface area contributed by atoms with Crippen LogP contribution in [0.5, 0.6) is 11.5 Å². The third-order valence-electron chi connectivity index (χ3n) is 1.61.